The molecule has 3 rings (SSSR count). The molecule has 1 atom stereocenters. The average molecular weight is 361 g/mol. The Morgan fingerprint density at radius 2 is 1.81 bits per heavy atom. The Kier molecular flexibility index (Phi) is 6.61. The summed E-state index contributed by atoms with van der Waals surface area (Å²) in [7, 11) is 0. The molecule has 26 heavy (non-hydrogen) atoms. The van der Waals surface area contributed by atoms with Crippen LogP contribution < -0.4 is 20.1 Å². The normalized spacial score (nSPS) is 18.4. The number of hydrogen-bond donors (Lipinski definition) is 2. The summed E-state index contributed by atoms with van der Waals surface area (Å²) in [6, 6.07) is 6.01. The van der Waals surface area contributed by atoms with E-state index >= 15 is 0 Å². The standard InChI is InChI=1S/C20H31N3O3/c1-15(2)17(23-9-5-3-4-6-10-23)13-22-20(24)21-12-16-7-8-18-19(11-16)26-14-25-18/h7-8,11,15,17H,3-6,9-10,12-14H2,1-2H3,(H2,21,22,24). The van der Waals surface area contributed by atoms with E-state index in [1.165, 1.54) is 25.7 Å². The van der Waals surface area contributed by atoms with Crippen LogP contribution in [0.2, 0.25) is 0 Å². The number of nitrogens with zero attached hydrogens (tertiary/aromatic N) is 1. The molecule has 0 aromatic heterocycles. The Balaban J connectivity index is 1.46. The van der Waals surface area contributed by atoms with Crippen molar-refractivity contribution in [3.63, 3.8) is 0 Å². The van der Waals surface area contributed by atoms with E-state index in [0.29, 0.717) is 25.0 Å². The zero-order valence-electron chi connectivity index (χ0n) is 15.9. The van der Waals surface area contributed by atoms with Crippen LogP contribution in [0.4, 0.5) is 4.79 Å². The fourth-order valence-electron chi connectivity index (χ4n) is 3.71. The van der Waals surface area contributed by atoms with Crippen LogP contribution in [0.5, 0.6) is 11.5 Å². The highest BCUT2D eigenvalue weighted by Crippen LogP contribution is 2.32. The molecule has 144 valence electrons. The Morgan fingerprint density at radius 3 is 2.54 bits per heavy atom. The van der Waals surface area contributed by atoms with Crippen molar-refractivity contribution in [1.29, 1.82) is 0 Å². The maximum atomic E-state index is 12.2. The van der Waals surface area contributed by atoms with Gasteiger partial charge in [0.05, 0.1) is 0 Å². The van der Waals surface area contributed by atoms with Crippen LogP contribution in [0.25, 0.3) is 0 Å². The minimum Gasteiger partial charge on any atom is -0.454 e. The van der Waals surface area contributed by atoms with Crippen LogP contribution in [-0.4, -0.2) is 43.4 Å². The summed E-state index contributed by atoms with van der Waals surface area (Å²) in [6.45, 7) is 8.18. The molecule has 1 aromatic carbocycles. The number of carbonyl (C=O) groups is 1. The molecule has 0 bridgehead atoms. The molecule has 1 aromatic rings. The molecular formula is C20H31N3O3. The van der Waals surface area contributed by atoms with Gasteiger partial charge in [0.2, 0.25) is 6.79 Å². The van der Waals surface area contributed by atoms with Gasteiger partial charge in [0.1, 0.15) is 0 Å². The Morgan fingerprint density at radius 1 is 1.08 bits per heavy atom. The highest BCUT2D eigenvalue weighted by molar-refractivity contribution is 5.73. The SMILES string of the molecule is CC(C)C(CNC(=O)NCc1ccc2c(c1)OCO2)N1CCCCCC1. The zero-order valence-corrected chi connectivity index (χ0v) is 15.9. The second-order valence-electron chi connectivity index (χ2n) is 7.51. The molecule has 0 radical (unpaired) electrons. The molecule has 1 saturated heterocycles. The maximum Gasteiger partial charge on any atom is 0.315 e. The predicted molar refractivity (Wildman–Crippen MR) is 101 cm³/mol. The molecule has 1 fully saturated rings. The zero-order chi connectivity index (χ0) is 18.4. The summed E-state index contributed by atoms with van der Waals surface area (Å²) < 4.78 is 10.7. The first-order valence-electron chi connectivity index (χ1n) is 9.78. The van der Waals surface area contributed by atoms with Crippen molar-refractivity contribution in [1.82, 2.24) is 15.5 Å². The second kappa shape index (κ2) is 9.12. The summed E-state index contributed by atoms with van der Waals surface area (Å²) >= 11 is 0. The van der Waals surface area contributed by atoms with Gasteiger partial charge in [-0.25, -0.2) is 4.79 Å². The molecule has 2 amide bonds. The highest BCUT2D eigenvalue weighted by atomic mass is 16.7. The van der Waals surface area contributed by atoms with Crippen LogP contribution >= 0.6 is 0 Å². The van der Waals surface area contributed by atoms with Gasteiger partial charge in [-0.05, 0) is 49.5 Å². The van der Waals surface area contributed by atoms with E-state index in [1.54, 1.807) is 0 Å². The van der Waals surface area contributed by atoms with E-state index in [-0.39, 0.29) is 12.8 Å². The van der Waals surface area contributed by atoms with Gasteiger partial charge < -0.3 is 20.1 Å². The minimum absolute atomic E-state index is 0.122. The van der Waals surface area contributed by atoms with E-state index in [1.807, 2.05) is 18.2 Å². The molecule has 2 aliphatic rings. The van der Waals surface area contributed by atoms with Crippen LogP contribution in [0.1, 0.15) is 45.1 Å². The van der Waals surface area contributed by atoms with Gasteiger partial charge in [-0.3, -0.25) is 4.90 Å². The first-order valence-corrected chi connectivity index (χ1v) is 9.78. The van der Waals surface area contributed by atoms with E-state index < -0.39 is 0 Å². The van der Waals surface area contributed by atoms with Gasteiger partial charge in [-0.2, -0.15) is 0 Å². The molecule has 0 aliphatic carbocycles. The number of amides is 2. The van der Waals surface area contributed by atoms with Gasteiger partial charge in [0.15, 0.2) is 11.5 Å². The van der Waals surface area contributed by atoms with E-state index in [0.717, 1.165) is 30.2 Å². The molecule has 1 unspecified atom stereocenters. The lowest BCUT2D eigenvalue weighted by Gasteiger charge is -2.33. The lowest BCUT2D eigenvalue weighted by atomic mass is 10.0. The fraction of sp³-hybridized carbons (Fsp3) is 0.650. The van der Waals surface area contributed by atoms with Crippen LogP contribution in [0.3, 0.4) is 0 Å². The van der Waals surface area contributed by atoms with Gasteiger partial charge in [-0.15, -0.1) is 0 Å². The topological polar surface area (TPSA) is 62.8 Å². The molecular weight excluding hydrogens is 330 g/mol. The first-order chi connectivity index (χ1) is 12.6. The number of urea groups is 1. The van der Waals surface area contributed by atoms with Crippen molar-refractivity contribution in [3.05, 3.63) is 23.8 Å². The number of ether oxygens (including phenoxy) is 2. The Hall–Kier alpha value is -1.95. The Labute approximate surface area is 156 Å². The second-order valence-corrected chi connectivity index (χ2v) is 7.51. The molecule has 2 heterocycles. The van der Waals surface area contributed by atoms with Gasteiger partial charge in [0.25, 0.3) is 0 Å². The third-order valence-corrected chi connectivity index (χ3v) is 5.24. The van der Waals surface area contributed by atoms with Crippen LogP contribution in [0.15, 0.2) is 18.2 Å². The third kappa shape index (κ3) is 5.04. The predicted octanol–water partition coefficient (Wildman–Crippen LogP) is 3.12. The highest BCUT2D eigenvalue weighted by Gasteiger charge is 2.23. The lowest BCUT2D eigenvalue weighted by molar-refractivity contribution is 0.157. The fourth-order valence-corrected chi connectivity index (χ4v) is 3.71. The molecule has 0 saturated carbocycles. The number of benzene rings is 1. The van der Waals surface area contributed by atoms with E-state index in [4.69, 9.17) is 9.47 Å². The summed E-state index contributed by atoms with van der Waals surface area (Å²) in [5.41, 5.74) is 0.998. The number of rotatable bonds is 6. The van der Waals surface area contributed by atoms with Crippen molar-refractivity contribution in [2.75, 3.05) is 26.4 Å². The average Bonchev–Trinajstić information content (AvgIpc) is 2.93. The molecule has 2 aliphatic heterocycles. The Bertz CT molecular complexity index is 598. The van der Waals surface area contributed by atoms with Crippen LogP contribution in [0, 0.1) is 5.92 Å². The van der Waals surface area contributed by atoms with Gasteiger partial charge >= 0.3 is 6.03 Å². The number of nitrogens with one attached hydrogen (secondary N) is 2. The first kappa shape index (κ1) is 18.8. The van der Waals surface area contributed by atoms with E-state index in [2.05, 4.69) is 29.4 Å². The smallest absolute Gasteiger partial charge is 0.315 e. The van der Waals surface area contributed by atoms with Gasteiger partial charge in [-0.1, -0.05) is 32.8 Å². The van der Waals surface area contributed by atoms with Crippen molar-refractivity contribution >= 4 is 6.03 Å². The van der Waals surface area contributed by atoms with Crippen molar-refractivity contribution in [3.8, 4) is 11.5 Å². The summed E-state index contributed by atoms with van der Waals surface area (Å²) in [4.78, 5) is 14.8. The number of hydrogen-bond acceptors (Lipinski definition) is 4. The minimum atomic E-state index is -0.122. The number of likely N-dealkylation sites (tertiary alicyclic amines) is 1. The summed E-state index contributed by atoms with van der Waals surface area (Å²) in [5.74, 6) is 2.02. The number of carbonyl (C=O) groups excluding carboxylic acids is 1. The van der Waals surface area contributed by atoms with Crippen molar-refractivity contribution in [2.24, 2.45) is 5.92 Å². The van der Waals surface area contributed by atoms with Crippen LogP contribution in [-0.2, 0) is 6.54 Å². The third-order valence-electron chi connectivity index (χ3n) is 5.24. The molecule has 2 N–H and O–H groups in total. The molecule has 6 nitrogen and oxygen atoms in total. The van der Waals surface area contributed by atoms with Crippen molar-refractivity contribution < 1.29 is 14.3 Å². The number of fused-ring (bicyclic) bond motifs is 1. The summed E-state index contributed by atoms with van der Waals surface area (Å²) in [6.07, 6.45) is 5.18. The lowest BCUT2D eigenvalue weighted by Crippen LogP contribution is -2.49. The van der Waals surface area contributed by atoms with Gasteiger partial charge in [0, 0.05) is 19.1 Å². The summed E-state index contributed by atoms with van der Waals surface area (Å²) in [5, 5.41) is 5.99. The van der Waals surface area contributed by atoms with Crippen molar-refractivity contribution in [2.45, 2.75) is 52.1 Å². The monoisotopic (exact) mass is 361 g/mol. The largest absolute Gasteiger partial charge is 0.454 e. The van der Waals surface area contributed by atoms with E-state index in [9.17, 15) is 4.79 Å². The quantitative estimate of drug-likeness (QED) is 0.817. The molecule has 6 heteroatoms. The molecule has 0 spiro atoms. The maximum absolute atomic E-state index is 12.2.